The van der Waals surface area contributed by atoms with Gasteiger partial charge in [-0.25, -0.2) is 9.18 Å². The molecule has 2 rings (SSSR count). The fraction of sp³-hybridized carbons (Fsp3) is 0.250. The zero-order valence-corrected chi connectivity index (χ0v) is 6.66. The van der Waals surface area contributed by atoms with Crippen molar-refractivity contribution in [3.63, 3.8) is 0 Å². The molecule has 0 saturated carbocycles. The summed E-state index contributed by atoms with van der Waals surface area (Å²) in [7, 11) is 0. The molecule has 1 aromatic heterocycles. The van der Waals surface area contributed by atoms with Crippen LogP contribution in [-0.4, -0.2) is 17.7 Å². The molecule has 1 fully saturated rings. The Morgan fingerprint density at radius 2 is 2.54 bits per heavy atom. The van der Waals surface area contributed by atoms with Gasteiger partial charge in [-0.2, -0.15) is 0 Å². The van der Waals surface area contributed by atoms with E-state index in [0.29, 0.717) is 5.56 Å². The number of aromatic nitrogens is 1. The van der Waals surface area contributed by atoms with E-state index >= 15 is 0 Å². The van der Waals surface area contributed by atoms with Gasteiger partial charge in [0.1, 0.15) is 12.4 Å². The molecule has 1 amide bonds. The molecule has 68 valence electrons. The molecule has 1 aliphatic heterocycles. The van der Waals surface area contributed by atoms with Crippen molar-refractivity contribution >= 4 is 6.09 Å². The lowest BCUT2D eigenvalue weighted by Gasteiger charge is -2.07. The van der Waals surface area contributed by atoms with Gasteiger partial charge in [0, 0.05) is 11.8 Å². The summed E-state index contributed by atoms with van der Waals surface area (Å²) in [6.07, 6.45) is 2.07. The largest absolute Gasteiger partial charge is 0.447 e. The molecular formula is C8H7FN2O2. The predicted molar refractivity (Wildman–Crippen MR) is 41.4 cm³/mol. The smallest absolute Gasteiger partial charge is 0.407 e. The molecule has 0 aliphatic carbocycles. The maximum absolute atomic E-state index is 13.1. The first-order valence-electron chi connectivity index (χ1n) is 3.80. The van der Waals surface area contributed by atoms with E-state index in [1.807, 2.05) is 0 Å². The van der Waals surface area contributed by atoms with E-state index < -0.39 is 18.0 Å². The Kier molecular flexibility index (Phi) is 1.84. The Hall–Kier alpha value is -1.65. The highest BCUT2D eigenvalue weighted by Crippen LogP contribution is 2.19. The quantitative estimate of drug-likeness (QED) is 0.704. The highest BCUT2D eigenvalue weighted by molar-refractivity contribution is 5.70. The number of carbonyl (C=O) groups is 1. The van der Waals surface area contributed by atoms with Crippen LogP contribution < -0.4 is 5.32 Å². The molecule has 1 saturated heterocycles. The molecule has 1 N–H and O–H groups in total. The van der Waals surface area contributed by atoms with Crippen LogP contribution in [0, 0.1) is 5.82 Å². The minimum absolute atomic E-state index is 0.166. The number of hydrogen-bond donors (Lipinski definition) is 1. The van der Waals surface area contributed by atoms with Gasteiger partial charge in [-0.1, -0.05) is 0 Å². The summed E-state index contributed by atoms with van der Waals surface area (Å²) in [5.74, 6) is -0.432. The number of alkyl carbamates (subject to hydrolysis) is 1. The molecule has 0 aromatic carbocycles. The monoisotopic (exact) mass is 182 g/mol. The molecule has 13 heavy (non-hydrogen) atoms. The van der Waals surface area contributed by atoms with E-state index in [1.54, 1.807) is 0 Å². The van der Waals surface area contributed by atoms with Crippen LogP contribution in [0.5, 0.6) is 0 Å². The standard InChI is InChI=1S/C8H7FN2O2/c9-6-3-10-2-1-5(6)7-4-13-8(12)11-7/h1-3,7H,4H2,(H,11,12). The van der Waals surface area contributed by atoms with Crippen molar-refractivity contribution < 1.29 is 13.9 Å². The topological polar surface area (TPSA) is 51.2 Å². The van der Waals surface area contributed by atoms with Gasteiger partial charge in [0.15, 0.2) is 0 Å². The summed E-state index contributed by atoms with van der Waals surface area (Å²) in [6, 6.07) is 1.13. The number of hydrogen-bond acceptors (Lipinski definition) is 3. The van der Waals surface area contributed by atoms with E-state index in [4.69, 9.17) is 0 Å². The SMILES string of the molecule is O=C1NC(c2ccncc2F)CO1. The second kappa shape index (κ2) is 3.01. The summed E-state index contributed by atoms with van der Waals surface area (Å²) in [5.41, 5.74) is 0.404. The van der Waals surface area contributed by atoms with E-state index in [9.17, 15) is 9.18 Å². The van der Waals surface area contributed by atoms with E-state index in [2.05, 4.69) is 15.0 Å². The van der Waals surface area contributed by atoms with Crippen molar-refractivity contribution in [3.8, 4) is 0 Å². The normalized spacial score (nSPS) is 21.0. The fourth-order valence-corrected chi connectivity index (χ4v) is 1.22. The van der Waals surface area contributed by atoms with Crippen molar-refractivity contribution in [1.82, 2.24) is 10.3 Å². The van der Waals surface area contributed by atoms with Gasteiger partial charge in [0.25, 0.3) is 0 Å². The van der Waals surface area contributed by atoms with Crippen molar-refractivity contribution in [2.24, 2.45) is 0 Å². The molecule has 4 nitrogen and oxygen atoms in total. The molecule has 1 aliphatic rings. The second-order valence-corrected chi connectivity index (χ2v) is 2.69. The van der Waals surface area contributed by atoms with Crippen molar-refractivity contribution in [2.75, 3.05) is 6.61 Å². The van der Waals surface area contributed by atoms with Crippen LogP contribution >= 0.6 is 0 Å². The Morgan fingerprint density at radius 3 is 3.15 bits per heavy atom. The third kappa shape index (κ3) is 1.44. The number of cyclic esters (lactones) is 1. The van der Waals surface area contributed by atoms with Gasteiger partial charge in [0.2, 0.25) is 0 Å². The Balaban J connectivity index is 2.26. The predicted octanol–water partition coefficient (Wildman–Crippen LogP) is 1.00. The first-order valence-corrected chi connectivity index (χ1v) is 3.80. The summed E-state index contributed by atoms with van der Waals surface area (Å²) in [6.45, 7) is 0.166. The molecule has 1 atom stereocenters. The zero-order valence-electron chi connectivity index (χ0n) is 6.66. The highest BCUT2D eigenvalue weighted by Gasteiger charge is 2.25. The van der Waals surface area contributed by atoms with Gasteiger partial charge in [-0.05, 0) is 6.07 Å². The van der Waals surface area contributed by atoms with Gasteiger partial charge in [-0.15, -0.1) is 0 Å². The molecule has 1 aromatic rings. The third-order valence-electron chi connectivity index (χ3n) is 1.85. The first-order chi connectivity index (χ1) is 6.27. The summed E-state index contributed by atoms with van der Waals surface area (Å²) in [5, 5.41) is 2.48. The first kappa shape index (κ1) is 7.97. The maximum atomic E-state index is 13.1. The Bertz CT molecular complexity index is 343. The summed E-state index contributed by atoms with van der Waals surface area (Å²) >= 11 is 0. The fourth-order valence-electron chi connectivity index (χ4n) is 1.22. The minimum atomic E-state index is -0.513. The number of amides is 1. The molecular weight excluding hydrogens is 175 g/mol. The number of halogens is 1. The molecule has 1 unspecified atom stereocenters. The van der Waals surface area contributed by atoms with Gasteiger partial charge >= 0.3 is 6.09 Å². The van der Waals surface area contributed by atoms with E-state index in [0.717, 1.165) is 6.20 Å². The van der Waals surface area contributed by atoms with Crippen LogP contribution in [0.15, 0.2) is 18.5 Å². The lowest BCUT2D eigenvalue weighted by molar-refractivity contribution is 0.177. The molecule has 0 bridgehead atoms. The zero-order chi connectivity index (χ0) is 9.26. The summed E-state index contributed by atoms with van der Waals surface area (Å²) < 4.78 is 17.7. The van der Waals surface area contributed by atoms with Crippen LogP contribution in [0.25, 0.3) is 0 Å². The van der Waals surface area contributed by atoms with Crippen molar-refractivity contribution in [3.05, 3.63) is 29.8 Å². The van der Waals surface area contributed by atoms with Gasteiger partial charge in [0.05, 0.1) is 12.2 Å². The number of ether oxygens (including phenoxy) is 1. The minimum Gasteiger partial charge on any atom is -0.447 e. The lowest BCUT2D eigenvalue weighted by atomic mass is 10.1. The number of nitrogens with one attached hydrogen (secondary N) is 1. The number of carbonyl (C=O) groups excluding carboxylic acids is 1. The average Bonchev–Trinajstić information content (AvgIpc) is 2.53. The number of rotatable bonds is 1. The number of pyridine rings is 1. The maximum Gasteiger partial charge on any atom is 0.407 e. The van der Waals surface area contributed by atoms with E-state index in [-0.39, 0.29) is 6.61 Å². The Labute approximate surface area is 73.7 Å². The van der Waals surface area contributed by atoms with Crippen LogP contribution in [0.4, 0.5) is 9.18 Å². The van der Waals surface area contributed by atoms with Crippen LogP contribution in [0.3, 0.4) is 0 Å². The molecule has 2 heterocycles. The third-order valence-corrected chi connectivity index (χ3v) is 1.85. The highest BCUT2D eigenvalue weighted by atomic mass is 19.1. The molecule has 5 heteroatoms. The Morgan fingerprint density at radius 1 is 1.69 bits per heavy atom. The van der Waals surface area contributed by atoms with Gasteiger partial charge < -0.3 is 10.1 Å². The van der Waals surface area contributed by atoms with Gasteiger partial charge in [-0.3, -0.25) is 4.98 Å². The lowest BCUT2D eigenvalue weighted by Crippen LogP contribution is -2.19. The second-order valence-electron chi connectivity index (χ2n) is 2.69. The van der Waals surface area contributed by atoms with Crippen LogP contribution in [-0.2, 0) is 4.74 Å². The molecule has 0 radical (unpaired) electrons. The van der Waals surface area contributed by atoms with Crippen molar-refractivity contribution in [1.29, 1.82) is 0 Å². The summed E-state index contributed by atoms with van der Waals surface area (Å²) in [4.78, 5) is 14.3. The van der Waals surface area contributed by atoms with Crippen LogP contribution in [0.2, 0.25) is 0 Å². The van der Waals surface area contributed by atoms with E-state index in [1.165, 1.54) is 12.3 Å². The van der Waals surface area contributed by atoms with Crippen molar-refractivity contribution in [2.45, 2.75) is 6.04 Å². The number of nitrogens with zero attached hydrogens (tertiary/aromatic N) is 1. The van der Waals surface area contributed by atoms with Crippen LogP contribution in [0.1, 0.15) is 11.6 Å². The average molecular weight is 182 g/mol. The molecule has 0 spiro atoms.